The molecule has 168 valence electrons. The van der Waals surface area contributed by atoms with Gasteiger partial charge in [-0.05, 0) is 45.2 Å². The molecule has 0 radical (unpaired) electrons. The molecule has 0 spiro atoms. The molecule has 0 saturated carbocycles. The number of urea groups is 1. The fourth-order valence-corrected chi connectivity index (χ4v) is 3.36. The summed E-state index contributed by atoms with van der Waals surface area (Å²) in [7, 11) is 1.60. The van der Waals surface area contributed by atoms with Gasteiger partial charge in [-0.2, -0.15) is 0 Å². The zero-order valence-electron chi connectivity index (χ0n) is 18.5. The lowest BCUT2D eigenvalue weighted by molar-refractivity contribution is -0.0144. The number of carbonyl (C=O) groups excluding carboxylic acids is 2. The number of aliphatic hydroxyl groups excluding tert-OH is 1. The van der Waals surface area contributed by atoms with Crippen LogP contribution in [0.25, 0.3) is 0 Å². The quantitative estimate of drug-likeness (QED) is 0.567. The van der Waals surface area contributed by atoms with E-state index in [2.05, 4.69) is 5.32 Å². The van der Waals surface area contributed by atoms with Crippen LogP contribution in [-0.2, 0) is 9.47 Å². The van der Waals surface area contributed by atoms with Crippen LogP contribution in [0.2, 0.25) is 0 Å². The molecule has 8 nitrogen and oxygen atoms in total. The van der Waals surface area contributed by atoms with E-state index in [0.29, 0.717) is 24.5 Å². The Kier molecular flexibility index (Phi) is 9.55. The third-order valence-electron chi connectivity index (χ3n) is 4.94. The van der Waals surface area contributed by atoms with Gasteiger partial charge in [-0.3, -0.25) is 4.79 Å². The third kappa shape index (κ3) is 7.27. The number of ether oxygens (including phenoxy) is 2. The molecule has 1 aliphatic rings. The number of nitrogens with zero attached hydrogens (tertiary/aromatic N) is 2. The lowest BCUT2D eigenvalue weighted by Gasteiger charge is -2.23. The summed E-state index contributed by atoms with van der Waals surface area (Å²) in [6.07, 6.45) is 1.33. The van der Waals surface area contributed by atoms with Crippen LogP contribution in [0.5, 0.6) is 0 Å². The number of benzene rings is 1. The van der Waals surface area contributed by atoms with Crippen LogP contribution in [0, 0.1) is 6.92 Å². The van der Waals surface area contributed by atoms with Crippen LogP contribution in [0.15, 0.2) is 18.2 Å². The van der Waals surface area contributed by atoms with Crippen molar-refractivity contribution < 1.29 is 24.2 Å². The van der Waals surface area contributed by atoms with Gasteiger partial charge in [-0.25, -0.2) is 4.79 Å². The topological polar surface area (TPSA) is 91.3 Å². The van der Waals surface area contributed by atoms with Gasteiger partial charge in [-0.15, -0.1) is 0 Å². The molecule has 1 heterocycles. The zero-order chi connectivity index (χ0) is 22.1. The maximum absolute atomic E-state index is 12.9. The third-order valence-corrected chi connectivity index (χ3v) is 4.94. The Morgan fingerprint density at radius 1 is 1.23 bits per heavy atom. The minimum atomic E-state index is -0.817. The zero-order valence-corrected chi connectivity index (χ0v) is 18.5. The molecule has 1 saturated heterocycles. The fourth-order valence-electron chi connectivity index (χ4n) is 3.36. The van der Waals surface area contributed by atoms with E-state index in [1.807, 2.05) is 37.8 Å². The Morgan fingerprint density at radius 2 is 1.93 bits per heavy atom. The summed E-state index contributed by atoms with van der Waals surface area (Å²) in [6, 6.07) is 5.02. The summed E-state index contributed by atoms with van der Waals surface area (Å²) in [5.41, 5.74) is 1.83. The molecule has 1 aromatic rings. The van der Waals surface area contributed by atoms with Gasteiger partial charge < -0.3 is 29.7 Å². The highest BCUT2D eigenvalue weighted by Gasteiger charge is 2.24. The van der Waals surface area contributed by atoms with Gasteiger partial charge in [0.25, 0.3) is 5.91 Å². The Bertz CT molecular complexity index is 704. The number of likely N-dealkylation sites (tertiary alicyclic amines) is 1. The van der Waals surface area contributed by atoms with Crippen LogP contribution in [0.4, 0.5) is 10.5 Å². The predicted molar refractivity (Wildman–Crippen MR) is 116 cm³/mol. The van der Waals surface area contributed by atoms with Crippen molar-refractivity contribution in [3.05, 3.63) is 29.3 Å². The first-order chi connectivity index (χ1) is 14.3. The first-order valence-electron chi connectivity index (χ1n) is 10.6. The molecular formula is C22H35N3O5. The number of aryl methyl sites for hydroxylation is 1. The molecule has 3 amide bonds. The van der Waals surface area contributed by atoms with Crippen LogP contribution in [0.1, 0.15) is 42.6 Å². The summed E-state index contributed by atoms with van der Waals surface area (Å²) in [5, 5.41) is 12.9. The van der Waals surface area contributed by atoms with Crippen LogP contribution < -0.4 is 5.32 Å². The van der Waals surface area contributed by atoms with Crippen molar-refractivity contribution in [3.8, 4) is 0 Å². The molecule has 30 heavy (non-hydrogen) atoms. The number of hydrogen-bond acceptors (Lipinski definition) is 5. The van der Waals surface area contributed by atoms with Crippen molar-refractivity contribution in [1.82, 2.24) is 9.80 Å². The van der Waals surface area contributed by atoms with E-state index in [0.717, 1.165) is 31.5 Å². The minimum absolute atomic E-state index is 0.0550. The Morgan fingerprint density at radius 3 is 2.60 bits per heavy atom. The standard InChI is InChI=1S/C22H35N3O5/c1-16(2)30-13-12-29-15-18(26)14-24(4)22(28)23-19-9-7-8-17(3)20(19)21(27)25-10-5-6-11-25/h7-9,16,18,26H,5-6,10-15H2,1-4H3,(H,23,28). The highest BCUT2D eigenvalue weighted by Crippen LogP contribution is 2.24. The van der Waals surface area contributed by atoms with Gasteiger partial charge in [0, 0.05) is 20.1 Å². The molecule has 0 bridgehead atoms. The Balaban J connectivity index is 1.89. The predicted octanol–water partition coefficient (Wildman–Crippen LogP) is 2.50. The molecule has 8 heteroatoms. The van der Waals surface area contributed by atoms with E-state index in [1.54, 1.807) is 13.1 Å². The SMILES string of the molecule is Cc1cccc(NC(=O)N(C)CC(O)COCCOC(C)C)c1C(=O)N1CCCC1. The van der Waals surface area contributed by atoms with E-state index < -0.39 is 12.1 Å². The second kappa shape index (κ2) is 11.9. The fraction of sp³-hybridized carbons (Fsp3) is 0.636. The second-order valence-electron chi connectivity index (χ2n) is 7.96. The largest absolute Gasteiger partial charge is 0.389 e. The van der Waals surface area contributed by atoms with E-state index >= 15 is 0 Å². The second-order valence-corrected chi connectivity index (χ2v) is 7.96. The molecular weight excluding hydrogens is 386 g/mol. The average molecular weight is 422 g/mol. The van der Waals surface area contributed by atoms with E-state index in [1.165, 1.54) is 4.90 Å². The van der Waals surface area contributed by atoms with E-state index in [-0.39, 0.29) is 25.2 Å². The average Bonchev–Trinajstić information content (AvgIpc) is 3.22. The van der Waals surface area contributed by atoms with Crippen molar-refractivity contribution in [2.75, 3.05) is 51.8 Å². The molecule has 1 atom stereocenters. The van der Waals surface area contributed by atoms with Crippen molar-refractivity contribution in [3.63, 3.8) is 0 Å². The monoisotopic (exact) mass is 421 g/mol. The lowest BCUT2D eigenvalue weighted by Crippen LogP contribution is -2.39. The first-order valence-corrected chi connectivity index (χ1v) is 10.6. The summed E-state index contributed by atoms with van der Waals surface area (Å²) >= 11 is 0. The molecule has 1 fully saturated rings. The number of amides is 3. The Labute approximate surface area is 179 Å². The molecule has 0 aliphatic carbocycles. The Hall–Kier alpha value is -2.16. The van der Waals surface area contributed by atoms with E-state index in [4.69, 9.17) is 9.47 Å². The van der Waals surface area contributed by atoms with E-state index in [9.17, 15) is 14.7 Å². The number of aliphatic hydroxyl groups is 1. The number of rotatable bonds is 10. The normalized spacial score (nSPS) is 14.8. The molecule has 1 unspecified atom stereocenters. The van der Waals surface area contributed by atoms with Crippen LogP contribution in [-0.4, -0.2) is 85.6 Å². The van der Waals surface area contributed by atoms with Crippen LogP contribution >= 0.6 is 0 Å². The smallest absolute Gasteiger partial charge is 0.321 e. The van der Waals surface area contributed by atoms with Gasteiger partial charge in [-0.1, -0.05) is 12.1 Å². The number of anilines is 1. The van der Waals surface area contributed by atoms with Crippen LogP contribution in [0.3, 0.4) is 0 Å². The number of hydrogen-bond donors (Lipinski definition) is 2. The maximum Gasteiger partial charge on any atom is 0.321 e. The number of carbonyl (C=O) groups is 2. The number of likely N-dealkylation sites (N-methyl/N-ethyl adjacent to an activating group) is 1. The molecule has 2 rings (SSSR count). The van der Waals surface area contributed by atoms with Gasteiger partial charge >= 0.3 is 6.03 Å². The minimum Gasteiger partial charge on any atom is -0.389 e. The molecule has 2 N–H and O–H groups in total. The van der Waals surface area contributed by atoms with Crippen molar-refractivity contribution in [2.24, 2.45) is 0 Å². The highest BCUT2D eigenvalue weighted by molar-refractivity contribution is 6.04. The van der Waals surface area contributed by atoms with Gasteiger partial charge in [0.1, 0.15) is 0 Å². The molecule has 1 aromatic carbocycles. The van der Waals surface area contributed by atoms with Gasteiger partial charge in [0.2, 0.25) is 0 Å². The maximum atomic E-state index is 12.9. The molecule has 1 aliphatic heterocycles. The van der Waals surface area contributed by atoms with Crippen molar-refractivity contribution >= 4 is 17.6 Å². The summed E-state index contributed by atoms with van der Waals surface area (Å²) in [4.78, 5) is 28.8. The molecule has 0 aromatic heterocycles. The van der Waals surface area contributed by atoms with Crippen molar-refractivity contribution in [1.29, 1.82) is 0 Å². The summed E-state index contributed by atoms with van der Waals surface area (Å²) in [6.45, 7) is 8.32. The first kappa shape index (κ1) is 24.1. The highest BCUT2D eigenvalue weighted by atomic mass is 16.5. The summed E-state index contributed by atoms with van der Waals surface area (Å²) < 4.78 is 10.8. The number of nitrogens with one attached hydrogen (secondary N) is 1. The lowest BCUT2D eigenvalue weighted by atomic mass is 10.1. The van der Waals surface area contributed by atoms with Gasteiger partial charge in [0.15, 0.2) is 0 Å². The summed E-state index contributed by atoms with van der Waals surface area (Å²) in [5.74, 6) is -0.0550. The van der Waals surface area contributed by atoms with Crippen molar-refractivity contribution in [2.45, 2.75) is 45.8 Å². The van der Waals surface area contributed by atoms with Gasteiger partial charge in [0.05, 0.1) is 49.8 Å².